The maximum Gasteiger partial charge on any atom is 0.329 e. The minimum Gasteiger partial charge on any atom is -0.369 e. The molecule has 0 spiro atoms. The Morgan fingerprint density at radius 1 is 1.28 bits per heavy atom. The summed E-state index contributed by atoms with van der Waals surface area (Å²) in [6.07, 6.45) is -0.0175. The van der Waals surface area contributed by atoms with Gasteiger partial charge in [-0.05, 0) is 12.1 Å². The summed E-state index contributed by atoms with van der Waals surface area (Å²) in [7, 11) is 0. The summed E-state index contributed by atoms with van der Waals surface area (Å²) in [5.74, 6) is -1.01. The van der Waals surface area contributed by atoms with Gasteiger partial charge >= 0.3 is 5.69 Å². The number of nitrogens with one attached hydrogen (secondary N) is 2. The summed E-state index contributed by atoms with van der Waals surface area (Å²) < 4.78 is 1.17. The second-order valence-electron chi connectivity index (χ2n) is 5.20. The van der Waals surface area contributed by atoms with Gasteiger partial charge in [-0.25, -0.2) is 9.78 Å². The molecule has 0 unspecified atom stereocenters. The molecule has 3 rings (SSSR count). The van der Waals surface area contributed by atoms with Gasteiger partial charge in [0.25, 0.3) is 5.56 Å². The van der Waals surface area contributed by atoms with Gasteiger partial charge in [-0.3, -0.25) is 23.9 Å². The Labute approximate surface area is 144 Å². The van der Waals surface area contributed by atoms with Crippen LogP contribution < -0.4 is 22.3 Å². The molecule has 1 aromatic carbocycles. The van der Waals surface area contributed by atoms with Crippen molar-refractivity contribution in [2.45, 2.75) is 13.0 Å². The van der Waals surface area contributed by atoms with Gasteiger partial charge in [-0.1, -0.05) is 12.1 Å². The Balaban J connectivity index is 1.83. The monoisotopic (exact) mass is 359 g/mol. The predicted molar refractivity (Wildman–Crippen MR) is 92.5 cm³/mol. The molecule has 3 aromatic rings. The van der Waals surface area contributed by atoms with Crippen LogP contribution in [0, 0.1) is 0 Å². The third-order valence-corrected chi connectivity index (χ3v) is 4.17. The number of anilines is 1. The van der Waals surface area contributed by atoms with Crippen LogP contribution in [0.4, 0.5) is 5.13 Å². The molecule has 0 saturated heterocycles. The number of nitrogens with zero attached hydrogens (tertiary/aromatic N) is 2. The predicted octanol–water partition coefficient (Wildman–Crippen LogP) is -0.187. The number of fused-ring (bicyclic) bond motifs is 1. The van der Waals surface area contributed by atoms with Crippen LogP contribution in [0.2, 0.25) is 0 Å². The molecule has 0 atom stereocenters. The molecule has 0 aliphatic rings. The van der Waals surface area contributed by atoms with Crippen molar-refractivity contribution in [2.75, 3.05) is 5.32 Å². The Bertz CT molecular complexity index is 1080. The number of primary amides is 1. The number of hydrogen-bond donors (Lipinski definition) is 3. The molecule has 2 amide bonds. The number of para-hydroxylation sites is 1. The lowest BCUT2D eigenvalue weighted by molar-refractivity contribution is -0.117. The van der Waals surface area contributed by atoms with E-state index in [-0.39, 0.29) is 13.0 Å². The number of carbonyl (C=O) groups is 2. The second kappa shape index (κ2) is 6.69. The third kappa shape index (κ3) is 3.63. The Morgan fingerprint density at radius 2 is 2.04 bits per heavy atom. The fourth-order valence-corrected chi connectivity index (χ4v) is 3.05. The van der Waals surface area contributed by atoms with E-state index >= 15 is 0 Å². The molecule has 0 aliphatic carbocycles. The number of thiazole rings is 1. The molecular formula is C15H13N5O4S. The van der Waals surface area contributed by atoms with Gasteiger partial charge in [0.1, 0.15) is 6.54 Å². The third-order valence-electron chi connectivity index (χ3n) is 3.36. The summed E-state index contributed by atoms with van der Waals surface area (Å²) in [6, 6.07) is 6.50. The highest BCUT2D eigenvalue weighted by molar-refractivity contribution is 7.13. The highest BCUT2D eigenvalue weighted by Crippen LogP contribution is 2.16. The number of amides is 2. The molecule has 9 nitrogen and oxygen atoms in total. The number of hydrogen-bond acceptors (Lipinski definition) is 6. The molecule has 0 bridgehead atoms. The lowest BCUT2D eigenvalue weighted by Gasteiger charge is -2.08. The van der Waals surface area contributed by atoms with E-state index < -0.39 is 23.1 Å². The lowest BCUT2D eigenvalue weighted by atomic mass is 10.2. The van der Waals surface area contributed by atoms with Crippen molar-refractivity contribution in [2.24, 2.45) is 5.73 Å². The van der Waals surface area contributed by atoms with Crippen LogP contribution in [0.3, 0.4) is 0 Å². The van der Waals surface area contributed by atoms with Crippen LogP contribution in [0.1, 0.15) is 5.69 Å². The summed E-state index contributed by atoms with van der Waals surface area (Å²) in [5.41, 5.74) is 4.73. The maximum atomic E-state index is 12.2. The van der Waals surface area contributed by atoms with Crippen molar-refractivity contribution in [3.63, 3.8) is 0 Å². The summed E-state index contributed by atoms with van der Waals surface area (Å²) in [5, 5.41) is 4.78. The van der Waals surface area contributed by atoms with Crippen LogP contribution in [0.5, 0.6) is 0 Å². The largest absolute Gasteiger partial charge is 0.369 e. The zero-order chi connectivity index (χ0) is 18.0. The van der Waals surface area contributed by atoms with Crippen LogP contribution in [0.25, 0.3) is 10.9 Å². The molecular weight excluding hydrogens is 346 g/mol. The van der Waals surface area contributed by atoms with E-state index in [4.69, 9.17) is 5.73 Å². The minimum absolute atomic E-state index is 0.0175. The first-order chi connectivity index (χ1) is 11.9. The smallest absolute Gasteiger partial charge is 0.329 e. The maximum absolute atomic E-state index is 12.2. The molecule has 0 fully saturated rings. The zero-order valence-corrected chi connectivity index (χ0v) is 13.6. The first-order valence-corrected chi connectivity index (χ1v) is 8.06. The van der Waals surface area contributed by atoms with Crippen molar-refractivity contribution >= 4 is 39.2 Å². The Morgan fingerprint density at radius 3 is 2.80 bits per heavy atom. The van der Waals surface area contributed by atoms with E-state index in [0.29, 0.717) is 21.7 Å². The van der Waals surface area contributed by atoms with Crippen LogP contribution >= 0.6 is 11.3 Å². The number of nitrogens with two attached hydrogens (primary N) is 1. The van der Waals surface area contributed by atoms with Gasteiger partial charge in [0.05, 0.1) is 23.0 Å². The van der Waals surface area contributed by atoms with E-state index in [1.807, 2.05) is 0 Å². The molecule has 128 valence electrons. The molecule has 2 aromatic heterocycles. The standard InChI is InChI=1S/C15H13N5O4S/c16-11(21)5-8-7-25-14(17-8)18-12(22)6-20-10-4-2-1-3-9(10)13(23)19-15(20)24/h1-4,7H,5-6H2,(H2,16,21)(H,17,18,22)(H,19,23,24). The second-order valence-corrected chi connectivity index (χ2v) is 6.06. The molecule has 0 radical (unpaired) electrons. The van der Waals surface area contributed by atoms with E-state index in [1.165, 1.54) is 4.57 Å². The zero-order valence-electron chi connectivity index (χ0n) is 12.8. The van der Waals surface area contributed by atoms with Crippen molar-refractivity contribution in [1.82, 2.24) is 14.5 Å². The first-order valence-electron chi connectivity index (χ1n) is 7.18. The topological polar surface area (TPSA) is 140 Å². The number of benzene rings is 1. The van der Waals surface area contributed by atoms with Crippen molar-refractivity contribution < 1.29 is 9.59 Å². The number of rotatable bonds is 5. The molecule has 0 aliphatic heterocycles. The van der Waals surface area contributed by atoms with Gasteiger partial charge in [0.2, 0.25) is 11.8 Å². The van der Waals surface area contributed by atoms with E-state index in [2.05, 4.69) is 15.3 Å². The number of aromatic nitrogens is 3. The van der Waals surface area contributed by atoms with Crippen molar-refractivity contribution in [3.8, 4) is 0 Å². The number of aromatic amines is 1. The van der Waals surface area contributed by atoms with Gasteiger partial charge < -0.3 is 11.1 Å². The minimum atomic E-state index is -0.674. The van der Waals surface area contributed by atoms with Crippen LogP contribution in [-0.2, 0) is 22.6 Å². The van der Waals surface area contributed by atoms with E-state index in [1.54, 1.807) is 29.6 Å². The van der Waals surface area contributed by atoms with Gasteiger partial charge in [-0.15, -0.1) is 11.3 Å². The van der Waals surface area contributed by atoms with Crippen LogP contribution in [-0.4, -0.2) is 26.3 Å². The highest BCUT2D eigenvalue weighted by atomic mass is 32.1. The van der Waals surface area contributed by atoms with Crippen molar-refractivity contribution in [1.29, 1.82) is 0 Å². The molecule has 4 N–H and O–H groups in total. The van der Waals surface area contributed by atoms with Gasteiger partial charge in [-0.2, -0.15) is 0 Å². The summed E-state index contributed by atoms with van der Waals surface area (Å²) >= 11 is 1.14. The molecule has 0 saturated carbocycles. The summed E-state index contributed by atoms with van der Waals surface area (Å²) in [4.78, 5) is 53.2. The fraction of sp³-hybridized carbons (Fsp3) is 0.133. The highest BCUT2D eigenvalue weighted by Gasteiger charge is 2.12. The first kappa shape index (κ1) is 16.6. The number of carbonyl (C=O) groups excluding carboxylic acids is 2. The van der Waals surface area contributed by atoms with Gasteiger partial charge in [0, 0.05) is 5.38 Å². The Hall–Kier alpha value is -3.27. The molecule has 10 heteroatoms. The van der Waals surface area contributed by atoms with E-state index in [9.17, 15) is 19.2 Å². The lowest BCUT2D eigenvalue weighted by Crippen LogP contribution is -2.34. The van der Waals surface area contributed by atoms with Crippen molar-refractivity contribution in [3.05, 3.63) is 56.2 Å². The Kier molecular flexibility index (Phi) is 4.44. The normalized spacial score (nSPS) is 10.7. The summed E-state index contributed by atoms with van der Waals surface area (Å²) in [6.45, 7) is -0.291. The number of H-pyrrole nitrogens is 1. The molecule has 25 heavy (non-hydrogen) atoms. The fourth-order valence-electron chi connectivity index (χ4n) is 2.33. The van der Waals surface area contributed by atoms with Gasteiger partial charge in [0.15, 0.2) is 5.13 Å². The van der Waals surface area contributed by atoms with Crippen LogP contribution in [0.15, 0.2) is 39.2 Å². The average Bonchev–Trinajstić information content (AvgIpc) is 2.97. The van der Waals surface area contributed by atoms with E-state index in [0.717, 1.165) is 11.3 Å². The quantitative estimate of drug-likeness (QED) is 0.579. The SMILES string of the molecule is NC(=O)Cc1csc(NC(=O)Cn2c(=O)[nH]c(=O)c3ccccc32)n1. The molecule has 2 heterocycles. The average molecular weight is 359 g/mol.